The summed E-state index contributed by atoms with van der Waals surface area (Å²) in [6.07, 6.45) is 0. The van der Waals surface area contributed by atoms with Gasteiger partial charge in [-0.25, -0.2) is 4.79 Å². The van der Waals surface area contributed by atoms with Gasteiger partial charge < -0.3 is 16.0 Å². The van der Waals surface area contributed by atoms with E-state index in [1.807, 2.05) is 42.5 Å². The zero-order chi connectivity index (χ0) is 23.0. The van der Waals surface area contributed by atoms with Crippen molar-refractivity contribution in [3.8, 4) is 17.2 Å². The van der Waals surface area contributed by atoms with E-state index in [-0.39, 0.29) is 11.9 Å². The predicted octanol–water partition coefficient (Wildman–Crippen LogP) is 6.12. The Balaban J connectivity index is 1.51. The highest BCUT2D eigenvalue weighted by atomic mass is 16.2. The molecule has 0 atom stereocenters. The van der Waals surface area contributed by atoms with Crippen LogP contribution in [0.5, 0.6) is 0 Å². The summed E-state index contributed by atoms with van der Waals surface area (Å²) in [6, 6.07) is 32.1. The molecule has 0 bridgehead atoms. The number of rotatable bonds is 5. The molecule has 4 rings (SSSR count). The van der Waals surface area contributed by atoms with Gasteiger partial charge in [-0.3, -0.25) is 4.79 Å². The van der Waals surface area contributed by atoms with E-state index in [9.17, 15) is 14.9 Å². The van der Waals surface area contributed by atoms with E-state index in [1.54, 1.807) is 60.7 Å². The quantitative estimate of drug-likeness (QED) is 0.354. The number of benzene rings is 4. The maximum atomic E-state index is 13.1. The Morgan fingerprint density at radius 2 is 1.18 bits per heavy atom. The monoisotopic (exact) mass is 432 g/mol. The lowest BCUT2D eigenvalue weighted by Gasteiger charge is -2.13. The number of hydrogen-bond donors (Lipinski definition) is 3. The third-order valence-electron chi connectivity index (χ3n) is 4.92. The number of nitriles is 1. The molecule has 0 radical (unpaired) electrons. The van der Waals surface area contributed by atoms with Crippen molar-refractivity contribution >= 4 is 29.0 Å². The zero-order valence-electron chi connectivity index (χ0n) is 17.6. The van der Waals surface area contributed by atoms with Gasteiger partial charge in [0.1, 0.15) is 0 Å². The Morgan fingerprint density at radius 3 is 1.94 bits per heavy atom. The number of carbonyl (C=O) groups excluding carboxylic acids is 2. The minimum absolute atomic E-state index is 0.316. The molecule has 0 fully saturated rings. The summed E-state index contributed by atoms with van der Waals surface area (Å²) in [5, 5.41) is 17.8. The highest BCUT2D eigenvalue weighted by Crippen LogP contribution is 2.28. The first-order valence-electron chi connectivity index (χ1n) is 10.3. The molecule has 160 valence electrons. The molecule has 0 saturated carbocycles. The van der Waals surface area contributed by atoms with Crippen molar-refractivity contribution in [2.45, 2.75) is 0 Å². The van der Waals surface area contributed by atoms with Crippen molar-refractivity contribution in [3.63, 3.8) is 0 Å². The molecule has 4 aromatic carbocycles. The van der Waals surface area contributed by atoms with Gasteiger partial charge in [0.25, 0.3) is 5.91 Å². The van der Waals surface area contributed by atoms with Gasteiger partial charge in [-0.15, -0.1) is 0 Å². The Labute approximate surface area is 191 Å². The second-order valence-corrected chi connectivity index (χ2v) is 7.18. The lowest BCUT2D eigenvalue weighted by Crippen LogP contribution is -2.19. The number of urea groups is 1. The number of nitrogens with zero attached hydrogens (tertiary/aromatic N) is 1. The van der Waals surface area contributed by atoms with E-state index in [0.717, 1.165) is 0 Å². The Bertz CT molecular complexity index is 1340. The van der Waals surface area contributed by atoms with Gasteiger partial charge in [0.05, 0.1) is 11.6 Å². The van der Waals surface area contributed by atoms with Gasteiger partial charge in [0, 0.05) is 28.2 Å². The van der Waals surface area contributed by atoms with E-state index >= 15 is 0 Å². The second-order valence-electron chi connectivity index (χ2n) is 7.18. The van der Waals surface area contributed by atoms with Crippen molar-refractivity contribution in [3.05, 3.63) is 114 Å². The lowest BCUT2D eigenvalue weighted by molar-refractivity contribution is 0.102. The van der Waals surface area contributed by atoms with E-state index in [0.29, 0.717) is 39.3 Å². The number of amides is 3. The largest absolute Gasteiger partial charge is 0.323 e. The normalized spacial score (nSPS) is 10.0. The van der Waals surface area contributed by atoms with Crippen molar-refractivity contribution in [2.75, 3.05) is 16.0 Å². The fourth-order valence-electron chi connectivity index (χ4n) is 3.42. The minimum atomic E-state index is -0.386. The number of nitrogens with one attached hydrogen (secondary N) is 3. The summed E-state index contributed by atoms with van der Waals surface area (Å²) < 4.78 is 0. The number of anilines is 3. The van der Waals surface area contributed by atoms with Crippen LogP contribution in [0.2, 0.25) is 0 Å². The summed E-state index contributed by atoms with van der Waals surface area (Å²) in [6.45, 7) is 0. The minimum Gasteiger partial charge on any atom is -0.322 e. The summed E-state index contributed by atoms with van der Waals surface area (Å²) >= 11 is 0. The van der Waals surface area contributed by atoms with E-state index < -0.39 is 0 Å². The van der Waals surface area contributed by atoms with Gasteiger partial charge in [0.15, 0.2) is 0 Å². The molecule has 3 amide bonds. The molecular weight excluding hydrogens is 412 g/mol. The van der Waals surface area contributed by atoms with Gasteiger partial charge in [-0.05, 0) is 48.0 Å². The van der Waals surface area contributed by atoms with Gasteiger partial charge >= 0.3 is 6.03 Å². The van der Waals surface area contributed by atoms with Crippen LogP contribution in [0.4, 0.5) is 21.9 Å². The first kappa shape index (κ1) is 21.3. The van der Waals surface area contributed by atoms with E-state index in [1.165, 1.54) is 0 Å². The molecule has 0 aliphatic heterocycles. The zero-order valence-corrected chi connectivity index (χ0v) is 17.6. The molecule has 4 aromatic rings. The van der Waals surface area contributed by atoms with Crippen LogP contribution < -0.4 is 16.0 Å². The smallest absolute Gasteiger partial charge is 0.322 e. The maximum absolute atomic E-state index is 13.1. The molecule has 0 heterocycles. The standard InChI is InChI=1S/C27H20N4O2/c28-18-19-9-4-5-14-23(19)24-15-6-7-16-25(24)26(32)29-21-12-8-13-22(17-21)31-27(33)30-20-10-2-1-3-11-20/h1-17H,(H,29,32)(H2,30,31,33). The van der Waals surface area contributed by atoms with Crippen LogP contribution in [-0.2, 0) is 0 Å². The molecule has 0 aromatic heterocycles. The highest BCUT2D eigenvalue weighted by molar-refractivity contribution is 6.09. The molecule has 33 heavy (non-hydrogen) atoms. The van der Waals surface area contributed by atoms with Crippen LogP contribution in [0, 0.1) is 11.3 Å². The Morgan fingerprint density at radius 1 is 0.606 bits per heavy atom. The molecule has 6 heteroatoms. The first-order valence-corrected chi connectivity index (χ1v) is 10.3. The van der Waals surface area contributed by atoms with Crippen molar-refractivity contribution in [1.29, 1.82) is 5.26 Å². The number of carbonyl (C=O) groups is 2. The first-order chi connectivity index (χ1) is 16.1. The summed E-state index contributed by atoms with van der Waals surface area (Å²) in [4.78, 5) is 25.4. The van der Waals surface area contributed by atoms with Crippen molar-refractivity contribution < 1.29 is 9.59 Å². The molecule has 3 N–H and O–H groups in total. The van der Waals surface area contributed by atoms with Gasteiger partial charge in [-0.1, -0.05) is 60.7 Å². The van der Waals surface area contributed by atoms with Crippen LogP contribution in [0.1, 0.15) is 15.9 Å². The third-order valence-corrected chi connectivity index (χ3v) is 4.92. The second kappa shape index (κ2) is 9.94. The average Bonchev–Trinajstić information content (AvgIpc) is 2.84. The average molecular weight is 432 g/mol. The lowest BCUT2D eigenvalue weighted by atomic mass is 9.95. The Hall–Kier alpha value is -4.89. The molecule has 0 saturated heterocycles. The van der Waals surface area contributed by atoms with Gasteiger partial charge in [-0.2, -0.15) is 5.26 Å². The van der Waals surface area contributed by atoms with Crippen molar-refractivity contribution in [1.82, 2.24) is 0 Å². The molecule has 0 unspecified atom stereocenters. The van der Waals surface area contributed by atoms with E-state index in [2.05, 4.69) is 22.0 Å². The number of para-hydroxylation sites is 1. The summed E-state index contributed by atoms with van der Waals surface area (Å²) in [5.41, 5.74) is 4.04. The number of hydrogen-bond acceptors (Lipinski definition) is 3. The third kappa shape index (κ3) is 5.24. The SMILES string of the molecule is N#Cc1ccccc1-c1ccccc1C(=O)Nc1cccc(NC(=O)Nc2ccccc2)c1. The van der Waals surface area contributed by atoms with Gasteiger partial charge in [0.2, 0.25) is 0 Å². The summed E-state index contributed by atoms with van der Waals surface area (Å²) in [5.74, 6) is -0.316. The van der Waals surface area contributed by atoms with Crippen molar-refractivity contribution in [2.24, 2.45) is 0 Å². The van der Waals surface area contributed by atoms with Crippen LogP contribution >= 0.6 is 0 Å². The fourth-order valence-corrected chi connectivity index (χ4v) is 3.42. The molecule has 6 nitrogen and oxygen atoms in total. The molecule has 0 aliphatic carbocycles. The highest BCUT2D eigenvalue weighted by Gasteiger charge is 2.15. The molecule has 0 spiro atoms. The van der Waals surface area contributed by atoms with Crippen LogP contribution in [-0.4, -0.2) is 11.9 Å². The summed E-state index contributed by atoms with van der Waals surface area (Å²) in [7, 11) is 0. The van der Waals surface area contributed by atoms with Crippen LogP contribution in [0.3, 0.4) is 0 Å². The molecule has 0 aliphatic rings. The van der Waals surface area contributed by atoms with Crippen LogP contribution in [0.25, 0.3) is 11.1 Å². The Kier molecular flexibility index (Phi) is 6.43. The van der Waals surface area contributed by atoms with Crippen LogP contribution in [0.15, 0.2) is 103 Å². The predicted molar refractivity (Wildman–Crippen MR) is 130 cm³/mol. The fraction of sp³-hybridized carbons (Fsp3) is 0. The topological polar surface area (TPSA) is 94.0 Å². The van der Waals surface area contributed by atoms with E-state index in [4.69, 9.17) is 0 Å². The molecular formula is C27H20N4O2. The maximum Gasteiger partial charge on any atom is 0.323 e.